The monoisotopic (exact) mass is 506 g/mol. The maximum Gasteiger partial charge on any atom is 0.246 e. The van der Waals surface area contributed by atoms with Gasteiger partial charge in [-0.05, 0) is 56.7 Å². The molecule has 4 atom stereocenters. The van der Waals surface area contributed by atoms with Crippen LogP contribution < -0.4 is 16.0 Å². The van der Waals surface area contributed by atoms with Crippen LogP contribution in [0.25, 0.3) is 0 Å². The lowest BCUT2D eigenvalue weighted by atomic mass is 9.94. The predicted octanol–water partition coefficient (Wildman–Crippen LogP) is 1.14. The largest absolute Gasteiger partial charge is 0.343 e. The Hall–Kier alpha value is -3.37. The third-order valence-electron chi connectivity index (χ3n) is 6.92. The molecule has 1 aromatic carbocycles. The van der Waals surface area contributed by atoms with E-state index in [0.29, 0.717) is 19.3 Å². The number of nitrogens with one attached hydrogen (secondary N) is 3. The zero-order valence-electron chi connectivity index (χ0n) is 20.4. The number of hydrogen-bond acceptors (Lipinski definition) is 5. The van der Waals surface area contributed by atoms with Crippen LogP contribution in [-0.4, -0.2) is 65.0 Å². The molecule has 0 radical (unpaired) electrons. The number of fused-ring (bicyclic) bond motifs is 1. The molecule has 36 heavy (non-hydrogen) atoms. The summed E-state index contributed by atoms with van der Waals surface area (Å²) >= 11 is 0. The average molecular weight is 507 g/mol. The number of rotatable bonds is 7. The van der Waals surface area contributed by atoms with Crippen LogP contribution in [0.3, 0.4) is 0 Å². The first kappa shape index (κ1) is 27.2. The molecule has 11 heteroatoms. The molecule has 4 amide bonds. The highest BCUT2D eigenvalue weighted by molar-refractivity contribution is 5.99. The maximum absolute atomic E-state index is 13.8. The van der Waals surface area contributed by atoms with Crippen LogP contribution in [0.2, 0.25) is 0 Å². The summed E-state index contributed by atoms with van der Waals surface area (Å²) < 4.78 is 27.3. The van der Waals surface area contributed by atoms with Gasteiger partial charge in [0.05, 0.1) is 0 Å². The third-order valence-corrected chi connectivity index (χ3v) is 6.92. The van der Waals surface area contributed by atoms with E-state index >= 15 is 0 Å². The van der Waals surface area contributed by atoms with Gasteiger partial charge in [-0.25, -0.2) is 8.78 Å². The Balaban J connectivity index is 1.97. The molecule has 2 fully saturated rings. The van der Waals surface area contributed by atoms with Crippen LogP contribution in [-0.2, 0) is 30.4 Å². The number of halogens is 2. The van der Waals surface area contributed by atoms with Gasteiger partial charge in [-0.2, -0.15) is 0 Å². The molecular formula is C25H32F2N4O5. The van der Waals surface area contributed by atoms with E-state index < -0.39 is 58.9 Å². The zero-order valence-corrected chi connectivity index (χ0v) is 20.4. The molecule has 0 spiro atoms. The van der Waals surface area contributed by atoms with Crippen molar-refractivity contribution < 1.29 is 32.8 Å². The highest BCUT2D eigenvalue weighted by Crippen LogP contribution is 2.22. The second-order valence-corrected chi connectivity index (χ2v) is 9.50. The summed E-state index contributed by atoms with van der Waals surface area (Å²) in [7, 11) is 0. The molecule has 3 rings (SSSR count). The van der Waals surface area contributed by atoms with E-state index in [2.05, 4.69) is 16.0 Å². The molecule has 2 aliphatic heterocycles. The molecule has 2 aliphatic rings. The lowest BCUT2D eigenvalue weighted by Crippen LogP contribution is -2.65. The number of nitrogens with zero attached hydrogens (tertiary/aromatic N) is 1. The Bertz CT molecular complexity index is 1040. The van der Waals surface area contributed by atoms with Crippen molar-refractivity contribution in [1.29, 1.82) is 0 Å². The normalized spacial score (nSPS) is 27.3. The van der Waals surface area contributed by atoms with Crippen molar-refractivity contribution in [2.75, 3.05) is 6.54 Å². The van der Waals surface area contributed by atoms with Crippen molar-refractivity contribution in [3.63, 3.8) is 0 Å². The van der Waals surface area contributed by atoms with E-state index in [-0.39, 0.29) is 37.8 Å². The molecule has 0 aliphatic carbocycles. The van der Waals surface area contributed by atoms with Crippen molar-refractivity contribution >= 4 is 29.9 Å². The van der Waals surface area contributed by atoms with E-state index in [4.69, 9.17) is 0 Å². The second-order valence-electron chi connectivity index (χ2n) is 9.50. The van der Waals surface area contributed by atoms with Gasteiger partial charge in [-0.1, -0.05) is 13.0 Å². The number of benzene rings is 1. The van der Waals surface area contributed by atoms with Gasteiger partial charge < -0.3 is 25.6 Å². The lowest BCUT2D eigenvalue weighted by Gasteiger charge is -2.35. The van der Waals surface area contributed by atoms with E-state index in [0.717, 1.165) is 18.4 Å². The summed E-state index contributed by atoms with van der Waals surface area (Å²) in [5.41, 5.74) is -1.13. The van der Waals surface area contributed by atoms with Crippen molar-refractivity contribution in [1.82, 2.24) is 20.9 Å². The molecule has 0 aromatic heterocycles. The smallest absolute Gasteiger partial charge is 0.246 e. The predicted molar refractivity (Wildman–Crippen MR) is 125 cm³/mol. The Morgan fingerprint density at radius 2 is 1.83 bits per heavy atom. The number of unbranched alkanes of at least 4 members (excludes halogenated alkanes) is 1. The molecular weight excluding hydrogens is 474 g/mol. The maximum atomic E-state index is 13.8. The van der Waals surface area contributed by atoms with Gasteiger partial charge in [-0.15, -0.1) is 0 Å². The SMILES string of the molecule is CC[C@]1(C)NC(=O)[C@H](CCCC=O)NC(=O)[C@H]2CCCN2C(=O)C(Cc2ccc(F)c(F)c2)NC1=O. The number of carbonyl (C=O) groups is 5. The van der Waals surface area contributed by atoms with Gasteiger partial charge >= 0.3 is 0 Å². The third kappa shape index (κ3) is 6.06. The zero-order chi connectivity index (χ0) is 26.5. The Morgan fingerprint density at radius 3 is 2.50 bits per heavy atom. The molecule has 196 valence electrons. The second kappa shape index (κ2) is 11.6. The quantitative estimate of drug-likeness (QED) is 0.378. The summed E-state index contributed by atoms with van der Waals surface area (Å²) in [6, 6.07) is 0.239. The fraction of sp³-hybridized carbons (Fsp3) is 0.560. The van der Waals surface area contributed by atoms with Gasteiger partial charge in [-0.3, -0.25) is 19.2 Å². The van der Waals surface area contributed by atoms with Gasteiger partial charge in [0.25, 0.3) is 0 Å². The number of carbonyl (C=O) groups excluding carboxylic acids is 5. The van der Waals surface area contributed by atoms with Crippen LogP contribution in [0.5, 0.6) is 0 Å². The summed E-state index contributed by atoms with van der Waals surface area (Å²) in [4.78, 5) is 65.3. The molecule has 1 aromatic rings. The molecule has 1 unspecified atom stereocenters. The molecule has 0 bridgehead atoms. The minimum Gasteiger partial charge on any atom is -0.343 e. The number of hydrogen-bond donors (Lipinski definition) is 3. The highest BCUT2D eigenvalue weighted by Gasteiger charge is 2.43. The van der Waals surface area contributed by atoms with Crippen LogP contribution in [0.1, 0.15) is 57.9 Å². The van der Waals surface area contributed by atoms with Gasteiger partial charge in [0, 0.05) is 19.4 Å². The first-order valence-corrected chi connectivity index (χ1v) is 12.2. The fourth-order valence-corrected chi connectivity index (χ4v) is 4.53. The first-order valence-electron chi connectivity index (χ1n) is 12.2. The summed E-state index contributed by atoms with van der Waals surface area (Å²) in [6.45, 7) is 3.47. The molecule has 9 nitrogen and oxygen atoms in total. The minimum absolute atomic E-state index is 0.130. The van der Waals surface area contributed by atoms with Crippen molar-refractivity contribution in [3.05, 3.63) is 35.4 Å². The van der Waals surface area contributed by atoms with Crippen LogP contribution in [0, 0.1) is 11.6 Å². The summed E-state index contributed by atoms with van der Waals surface area (Å²) in [5.74, 6) is -4.31. The molecule has 0 saturated carbocycles. The molecule has 2 heterocycles. The highest BCUT2D eigenvalue weighted by atomic mass is 19.2. The van der Waals surface area contributed by atoms with E-state index in [1.54, 1.807) is 6.92 Å². The minimum atomic E-state index is -1.42. The van der Waals surface area contributed by atoms with Crippen LogP contribution in [0.4, 0.5) is 8.78 Å². The van der Waals surface area contributed by atoms with Crippen molar-refractivity contribution in [2.45, 2.75) is 82.5 Å². The van der Waals surface area contributed by atoms with Gasteiger partial charge in [0.2, 0.25) is 23.6 Å². The van der Waals surface area contributed by atoms with E-state index in [1.807, 2.05) is 0 Å². The van der Waals surface area contributed by atoms with Gasteiger partial charge in [0.15, 0.2) is 11.6 Å². The van der Waals surface area contributed by atoms with E-state index in [9.17, 15) is 32.8 Å². The topological polar surface area (TPSA) is 125 Å². The Kier molecular flexibility index (Phi) is 8.75. The summed E-state index contributed by atoms with van der Waals surface area (Å²) in [6.07, 6.45) is 2.46. The average Bonchev–Trinajstić information content (AvgIpc) is 3.34. The lowest BCUT2D eigenvalue weighted by molar-refractivity contribution is -0.144. The fourth-order valence-electron chi connectivity index (χ4n) is 4.53. The first-order chi connectivity index (χ1) is 17.1. The van der Waals surface area contributed by atoms with Gasteiger partial charge in [0.1, 0.15) is 30.0 Å². The van der Waals surface area contributed by atoms with E-state index in [1.165, 1.54) is 17.9 Å². The molecule has 2 saturated heterocycles. The number of amides is 4. The Morgan fingerprint density at radius 1 is 1.08 bits per heavy atom. The number of aldehydes is 1. The van der Waals surface area contributed by atoms with Crippen molar-refractivity contribution in [3.8, 4) is 0 Å². The van der Waals surface area contributed by atoms with Crippen LogP contribution in [0.15, 0.2) is 18.2 Å². The van der Waals surface area contributed by atoms with Crippen molar-refractivity contribution in [2.24, 2.45) is 0 Å². The Labute approximate surface area is 208 Å². The molecule has 3 N–H and O–H groups in total. The standard InChI is InChI=1S/C25H32F2N4O5/c1-3-25(2)24(36)29-19(14-15-9-10-16(26)17(27)13-15)23(35)31-11-6-8-20(31)22(34)28-18(21(33)30-25)7-4-5-12-32/h9-10,12-13,18-20H,3-8,11,14H2,1-2H3,(H,28,34)(H,29,36)(H,30,33)/t18-,19?,20+,25-/m0/s1. The summed E-state index contributed by atoms with van der Waals surface area (Å²) in [5, 5.41) is 8.09. The van der Waals surface area contributed by atoms with Crippen LogP contribution >= 0.6 is 0 Å².